The van der Waals surface area contributed by atoms with Gasteiger partial charge in [-0.3, -0.25) is 4.79 Å². The zero-order valence-electron chi connectivity index (χ0n) is 27.8. The van der Waals surface area contributed by atoms with Crippen LogP contribution < -0.4 is 0 Å². The summed E-state index contributed by atoms with van der Waals surface area (Å²) in [6, 6.07) is 0. The zero-order chi connectivity index (χ0) is 32.3. The number of ketones is 1. The van der Waals surface area contributed by atoms with E-state index in [9.17, 15) is 30.0 Å². The van der Waals surface area contributed by atoms with Gasteiger partial charge in [-0.2, -0.15) is 0 Å². The minimum Gasteiger partial charge on any atom is -0.394 e. The second-order valence-electron chi connectivity index (χ2n) is 17.6. The first-order chi connectivity index (χ1) is 20.4. The number of fused-ring (bicyclic) bond motifs is 7. The maximum absolute atomic E-state index is 14.6. The van der Waals surface area contributed by atoms with Crippen LogP contribution in [0.5, 0.6) is 0 Å². The summed E-state index contributed by atoms with van der Waals surface area (Å²) < 4.78 is 12.2. The Morgan fingerprint density at radius 3 is 2.25 bits per heavy atom. The van der Waals surface area contributed by atoms with Crippen molar-refractivity contribution in [3.05, 3.63) is 11.6 Å². The molecule has 0 bridgehead atoms. The van der Waals surface area contributed by atoms with Crippen LogP contribution in [0.4, 0.5) is 0 Å². The smallest absolute Gasteiger partial charge is 0.186 e. The second kappa shape index (κ2) is 10.4. The maximum atomic E-state index is 14.6. The summed E-state index contributed by atoms with van der Waals surface area (Å²) in [4.78, 5) is 26.8. The van der Waals surface area contributed by atoms with Crippen molar-refractivity contribution < 1.29 is 39.5 Å². The van der Waals surface area contributed by atoms with Gasteiger partial charge in [0.1, 0.15) is 30.7 Å². The minimum absolute atomic E-state index is 0.112. The van der Waals surface area contributed by atoms with Gasteiger partial charge < -0.3 is 34.7 Å². The standard InChI is InChI=1S/C36H56O8/c1-31(2)24-8-11-36(7)29(34(24,5)10-9-25(31)44-30-28(42)27(41)26(40)23(18-37)43-30)22(39)16-20-21-17-32(3,19-38)12-13-33(21,4)14-15-35(20,36)6/h16,19,21,23-30,37,40-42H,8-15,17-18H2,1-7H3/t21-,23+,24-,25-,26+,27-,28+,29+,30-,32-,33+,34-,35+,36+/m0/s1. The van der Waals surface area contributed by atoms with Crippen LogP contribution in [0.3, 0.4) is 0 Å². The van der Waals surface area contributed by atoms with Crippen molar-refractivity contribution in [2.24, 2.45) is 50.2 Å². The molecule has 1 heterocycles. The van der Waals surface area contributed by atoms with Gasteiger partial charge in [0.05, 0.1) is 12.7 Å². The van der Waals surface area contributed by atoms with E-state index in [4.69, 9.17) is 9.47 Å². The van der Waals surface area contributed by atoms with Crippen LogP contribution in [0.15, 0.2) is 11.6 Å². The van der Waals surface area contributed by atoms with E-state index < -0.39 is 37.3 Å². The van der Waals surface area contributed by atoms with Gasteiger partial charge >= 0.3 is 0 Å². The predicted octanol–water partition coefficient (Wildman–Crippen LogP) is 4.35. The molecule has 14 atom stereocenters. The molecule has 5 aliphatic carbocycles. The summed E-state index contributed by atoms with van der Waals surface area (Å²) in [7, 11) is 0. The molecule has 0 aromatic heterocycles. The maximum Gasteiger partial charge on any atom is 0.186 e. The molecule has 6 rings (SSSR count). The van der Waals surface area contributed by atoms with E-state index in [0.29, 0.717) is 6.42 Å². The first-order valence-electron chi connectivity index (χ1n) is 17.1. The number of hydrogen-bond donors (Lipinski definition) is 4. The normalized spacial score (nSPS) is 55.1. The number of aliphatic hydroxyl groups is 4. The Bertz CT molecular complexity index is 1210. The Balaban J connectivity index is 1.31. The molecule has 0 amide bonds. The number of ether oxygens (including phenoxy) is 2. The fourth-order valence-electron chi connectivity index (χ4n) is 11.9. The molecule has 8 heteroatoms. The summed E-state index contributed by atoms with van der Waals surface area (Å²) in [5, 5.41) is 41.0. The number of aliphatic hydroxyl groups excluding tert-OH is 4. The highest BCUT2D eigenvalue weighted by molar-refractivity contribution is 5.95. The van der Waals surface area contributed by atoms with Crippen molar-refractivity contribution in [2.75, 3.05) is 6.61 Å². The molecule has 1 aliphatic heterocycles. The van der Waals surface area contributed by atoms with Crippen LogP contribution in [0.2, 0.25) is 0 Å². The van der Waals surface area contributed by atoms with Crippen LogP contribution in [0, 0.1) is 50.2 Å². The quantitative estimate of drug-likeness (QED) is 0.271. The molecule has 0 unspecified atom stereocenters. The number of allylic oxidation sites excluding steroid dienone is 2. The highest BCUT2D eigenvalue weighted by atomic mass is 16.7. The Kier molecular flexibility index (Phi) is 7.76. The SMILES string of the molecule is CC1(C)[C@@H](O[C@@H]2O[C@H](CO)[C@@H](O)[C@H](O)[C@H]2O)CC[C@]2(C)[C@H]3C(=O)C=C4[C@@H]5C[C@@](C)(C=O)CC[C@]5(C)CC[C@@]4(C)[C@]3(C)CC[C@@H]12. The van der Waals surface area contributed by atoms with Crippen LogP contribution in [0.1, 0.15) is 106 Å². The predicted molar refractivity (Wildman–Crippen MR) is 164 cm³/mol. The van der Waals surface area contributed by atoms with E-state index >= 15 is 0 Å². The van der Waals surface area contributed by atoms with Gasteiger partial charge in [0, 0.05) is 11.3 Å². The summed E-state index contributed by atoms with van der Waals surface area (Å²) >= 11 is 0. The fourth-order valence-corrected chi connectivity index (χ4v) is 11.9. The first kappa shape index (κ1) is 32.8. The van der Waals surface area contributed by atoms with E-state index in [-0.39, 0.29) is 62.1 Å². The lowest BCUT2D eigenvalue weighted by molar-refractivity contribution is -0.329. The van der Waals surface area contributed by atoms with E-state index in [1.165, 1.54) is 5.57 Å². The van der Waals surface area contributed by atoms with Crippen LogP contribution in [-0.2, 0) is 19.1 Å². The van der Waals surface area contributed by atoms with E-state index in [1.807, 2.05) is 6.08 Å². The topological polar surface area (TPSA) is 134 Å². The Hall–Kier alpha value is -1.16. The number of hydrogen-bond acceptors (Lipinski definition) is 8. The second-order valence-corrected chi connectivity index (χ2v) is 17.6. The number of carbonyl (C=O) groups is 2. The van der Waals surface area contributed by atoms with Crippen LogP contribution >= 0.6 is 0 Å². The van der Waals surface area contributed by atoms with Gasteiger partial charge in [-0.05, 0) is 103 Å². The molecule has 0 aromatic carbocycles. The van der Waals surface area contributed by atoms with E-state index in [0.717, 1.165) is 57.7 Å². The van der Waals surface area contributed by atoms with E-state index in [2.05, 4.69) is 48.5 Å². The van der Waals surface area contributed by atoms with Gasteiger partial charge in [-0.1, -0.05) is 54.0 Å². The Morgan fingerprint density at radius 2 is 1.59 bits per heavy atom. The number of rotatable bonds is 4. The third-order valence-corrected chi connectivity index (χ3v) is 15.0. The van der Waals surface area contributed by atoms with Gasteiger partial charge in [-0.15, -0.1) is 0 Å². The number of aldehydes is 1. The lowest BCUT2D eigenvalue weighted by Gasteiger charge is -2.70. The van der Waals surface area contributed by atoms with Crippen molar-refractivity contribution in [3.8, 4) is 0 Å². The van der Waals surface area contributed by atoms with Crippen molar-refractivity contribution in [1.82, 2.24) is 0 Å². The minimum atomic E-state index is -1.48. The molecule has 5 fully saturated rings. The molecule has 0 radical (unpaired) electrons. The Labute approximate surface area is 263 Å². The Morgan fingerprint density at radius 1 is 0.909 bits per heavy atom. The first-order valence-corrected chi connectivity index (χ1v) is 17.1. The van der Waals surface area contributed by atoms with Crippen molar-refractivity contribution in [3.63, 3.8) is 0 Å². The van der Waals surface area contributed by atoms with Gasteiger partial charge in [0.2, 0.25) is 0 Å². The summed E-state index contributed by atoms with van der Waals surface area (Å²) in [6.45, 7) is 15.5. The largest absolute Gasteiger partial charge is 0.394 e. The highest BCUT2D eigenvalue weighted by Gasteiger charge is 2.70. The molecular weight excluding hydrogens is 560 g/mol. The lowest BCUT2D eigenvalue weighted by atomic mass is 9.33. The van der Waals surface area contributed by atoms with Gasteiger partial charge in [0.25, 0.3) is 0 Å². The van der Waals surface area contributed by atoms with Crippen molar-refractivity contribution in [2.45, 2.75) is 143 Å². The molecule has 4 saturated carbocycles. The van der Waals surface area contributed by atoms with Gasteiger partial charge in [-0.25, -0.2) is 0 Å². The molecule has 8 nitrogen and oxygen atoms in total. The fraction of sp³-hybridized carbons (Fsp3) is 0.889. The molecule has 248 valence electrons. The van der Waals surface area contributed by atoms with Crippen LogP contribution in [-0.4, -0.2) is 75.9 Å². The molecule has 4 N–H and O–H groups in total. The molecule has 0 spiro atoms. The highest BCUT2D eigenvalue weighted by Crippen LogP contribution is 2.75. The van der Waals surface area contributed by atoms with Gasteiger partial charge in [0.15, 0.2) is 12.1 Å². The summed E-state index contributed by atoms with van der Waals surface area (Å²) in [5.41, 5.74) is 0.174. The lowest BCUT2D eigenvalue weighted by Crippen LogP contribution is -2.67. The molecular formula is C36H56O8. The van der Waals surface area contributed by atoms with Crippen molar-refractivity contribution in [1.29, 1.82) is 0 Å². The molecule has 0 aromatic rings. The number of carbonyl (C=O) groups excluding carboxylic acids is 2. The van der Waals surface area contributed by atoms with E-state index in [1.54, 1.807) is 0 Å². The summed E-state index contributed by atoms with van der Waals surface area (Å²) in [6.07, 6.45) is 4.68. The molecule has 1 saturated heterocycles. The molecule has 6 aliphatic rings. The molecule has 44 heavy (non-hydrogen) atoms. The third kappa shape index (κ3) is 4.37. The average molecular weight is 617 g/mol. The zero-order valence-corrected chi connectivity index (χ0v) is 27.8. The van der Waals surface area contributed by atoms with Crippen LogP contribution in [0.25, 0.3) is 0 Å². The third-order valence-electron chi connectivity index (χ3n) is 15.0. The summed E-state index contributed by atoms with van der Waals surface area (Å²) in [5.74, 6) is 0.553. The monoisotopic (exact) mass is 616 g/mol. The average Bonchev–Trinajstić information content (AvgIpc) is 2.96. The van der Waals surface area contributed by atoms with Crippen molar-refractivity contribution >= 4 is 12.1 Å².